The average Bonchev–Trinajstić information content (AvgIpc) is 3.12. The summed E-state index contributed by atoms with van der Waals surface area (Å²) >= 11 is 0. The zero-order chi connectivity index (χ0) is 17.3. The summed E-state index contributed by atoms with van der Waals surface area (Å²) in [6, 6.07) is 5.85. The van der Waals surface area contributed by atoms with Gasteiger partial charge in [-0.15, -0.1) is 0 Å². The highest BCUT2D eigenvalue weighted by atomic mass is 16.1. The molecule has 0 saturated carbocycles. The lowest BCUT2D eigenvalue weighted by molar-refractivity contribution is 0.0952. The highest BCUT2D eigenvalue weighted by molar-refractivity contribution is 6.06. The van der Waals surface area contributed by atoms with E-state index in [1.807, 2.05) is 31.1 Å². The van der Waals surface area contributed by atoms with Crippen LogP contribution in [-0.4, -0.2) is 60.9 Å². The number of rotatable bonds is 5. The van der Waals surface area contributed by atoms with Crippen LogP contribution in [0, 0.1) is 6.92 Å². The molecule has 3 rings (SSSR count). The van der Waals surface area contributed by atoms with Crippen LogP contribution in [0.1, 0.15) is 29.4 Å². The molecule has 1 unspecified atom stereocenters. The fourth-order valence-electron chi connectivity index (χ4n) is 3.41. The lowest BCUT2D eigenvalue weighted by Gasteiger charge is -2.25. The third-order valence-electron chi connectivity index (χ3n) is 4.89. The van der Waals surface area contributed by atoms with Gasteiger partial charge < -0.3 is 15.5 Å². The number of carbonyl (C=O) groups is 1. The number of fused-ring (bicyclic) bond motifs is 1. The smallest absolute Gasteiger partial charge is 0.253 e. The van der Waals surface area contributed by atoms with Gasteiger partial charge >= 0.3 is 0 Å². The summed E-state index contributed by atoms with van der Waals surface area (Å²) in [5.41, 5.74) is 2.55. The Morgan fingerprint density at radius 3 is 2.92 bits per heavy atom. The van der Waals surface area contributed by atoms with E-state index in [0.717, 1.165) is 42.7 Å². The number of benzene rings is 1. The summed E-state index contributed by atoms with van der Waals surface area (Å²) in [7, 11) is 3.99. The molecule has 2 N–H and O–H groups in total. The van der Waals surface area contributed by atoms with Gasteiger partial charge in [-0.05, 0) is 47.0 Å². The van der Waals surface area contributed by atoms with Crippen molar-refractivity contribution in [2.24, 2.45) is 0 Å². The van der Waals surface area contributed by atoms with Crippen molar-refractivity contribution in [1.29, 1.82) is 0 Å². The Morgan fingerprint density at radius 1 is 1.46 bits per heavy atom. The first-order chi connectivity index (χ1) is 11.4. The van der Waals surface area contributed by atoms with E-state index in [1.165, 1.54) is 0 Å². The van der Waals surface area contributed by atoms with Gasteiger partial charge in [0.25, 0.3) is 5.91 Å². The molecule has 1 atom stereocenters. The zero-order valence-electron chi connectivity index (χ0n) is 15.0. The van der Waals surface area contributed by atoms with Gasteiger partial charge in [-0.3, -0.25) is 9.48 Å². The van der Waals surface area contributed by atoms with Crippen molar-refractivity contribution in [2.45, 2.75) is 25.8 Å². The minimum atomic E-state index is -0.0539. The highest BCUT2D eigenvalue weighted by Gasteiger charge is 2.33. The van der Waals surface area contributed by atoms with Crippen LogP contribution in [0.15, 0.2) is 18.2 Å². The Hall–Kier alpha value is -1.92. The van der Waals surface area contributed by atoms with Crippen molar-refractivity contribution in [3.05, 3.63) is 29.5 Å². The van der Waals surface area contributed by atoms with Crippen LogP contribution in [0.5, 0.6) is 0 Å². The first-order valence-corrected chi connectivity index (χ1v) is 8.55. The lowest BCUT2D eigenvalue weighted by atomic mass is 10.0. The number of nitrogens with one attached hydrogen (secondary N) is 2. The molecule has 0 spiro atoms. The van der Waals surface area contributed by atoms with E-state index in [1.54, 1.807) is 0 Å². The van der Waals surface area contributed by atoms with Crippen LogP contribution in [0.2, 0.25) is 0 Å². The van der Waals surface area contributed by atoms with E-state index in [-0.39, 0.29) is 11.4 Å². The number of aromatic nitrogens is 2. The number of nitrogens with zero attached hydrogens (tertiary/aromatic N) is 3. The fraction of sp³-hybridized carbons (Fsp3) is 0.556. The minimum absolute atomic E-state index is 0.0260. The maximum atomic E-state index is 12.6. The van der Waals surface area contributed by atoms with Gasteiger partial charge in [0.15, 0.2) is 0 Å². The molecule has 130 valence electrons. The molecular weight excluding hydrogens is 302 g/mol. The van der Waals surface area contributed by atoms with Crippen LogP contribution in [0.3, 0.4) is 0 Å². The SMILES string of the molecule is Cc1c2cccc(C(=O)NCCN(C)C)c2nn1C1(C)CCNC1. The Bertz CT molecular complexity index is 743. The number of hydrogen-bond donors (Lipinski definition) is 2. The van der Waals surface area contributed by atoms with Gasteiger partial charge in [-0.2, -0.15) is 5.10 Å². The second kappa shape index (κ2) is 6.53. The summed E-state index contributed by atoms with van der Waals surface area (Å²) < 4.78 is 2.11. The van der Waals surface area contributed by atoms with Crippen LogP contribution >= 0.6 is 0 Å². The lowest BCUT2D eigenvalue weighted by Crippen LogP contribution is -2.34. The van der Waals surface area contributed by atoms with Gasteiger partial charge in [0.2, 0.25) is 0 Å². The van der Waals surface area contributed by atoms with Gasteiger partial charge in [-0.1, -0.05) is 12.1 Å². The van der Waals surface area contributed by atoms with Gasteiger partial charge in [0.1, 0.15) is 5.52 Å². The normalized spacial score (nSPS) is 20.9. The molecule has 6 nitrogen and oxygen atoms in total. The molecule has 0 bridgehead atoms. The molecule has 1 fully saturated rings. The average molecular weight is 329 g/mol. The van der Waals surface area contributed by atoms with Crippen LogP contribution in [-0.2, 0) is 5.54 Å². The van der Waals surface area contributed by atoms with Crippen LogP contribution in [0.4, 0.5) is 0 Å². The number of carbonyl (C=O) groups excluding carboxylic acids is 1. The third kappa shape index (κ3) is 3.03. The summed E-state index contributed by atoms with van der Waals surface area (Å²) in [5.74, 6) is -0.0539. The molecule has 2 aromatic rings. The maximum absolute atomic E-state index is 12.6. The molecular formula is C18H27N5O. The van der Waals surface area contributed by atoms with E-state index >= 15 is 0 Å². The topological polar surface area (TPSA) is 62.2 Å². The standard InChI is InChI=1S/C18H27N5O/c1-13-14-6-5-7-15(17(24)20-10-11-22(3)4)16(14)21-23(13)18(2)8-9-19-12-18/h5-7,19H,8-12H2,1-4H3,(H,20,24). The molecule has 1 aliphatic heterocycles. The van der Waals surface area contributed by atoms with Gasteiger partial charge in [0.05, 0.1) is 11.1 Å². The van der Waals surface area contributed by atoms with Crippen molar-refractivity contribution in [3.8, 4) is 0 Å². The van der Waals surface area contributed by atoms with Crippen molar-refractivity contribution in [2.75, 3.05) is 40.3 Å². The molecule has 1 aliphatic rings. The van der Waals surface area contributed by atoms with Crippen LogP contribution < -0.4 is 10.6 Å². The first-order valence-electron chi connectivity index (χ1n) is 8.55. The number of aryl methyl sites for hydroxylation is 1. The second-order valence-corrected chi connectivity index (χ2v) is 7.18. The van der Waals surface area contributed by atoms with Gasteiger partial charge in [-0.25, -0.2) is 0 Å². The molecule has 0 radical (unpaired) electrons. The molecule has 24 heavy (non-hydrogen) atoms. The Morgan fingerprint density at radius 2 is 2.25 bits per heavy atom. The van der Waals surface area contributed by atoms with E-state index in [4.69, 9.17) is 5.10 Å². The van der Waals surface area contributed by atoms with Crippen molar-refractivity contribution < 1.29 is 4.79 Å². The Kier molecular flexibility index (Phi) is 4.60. The quantitative estimate of drug-likeness (QED) is 0.869. The first kappa shape index (κ1) is 16.9. The Labute approximate surface area is 143 Å². The number of amides is 1. The predicted molar refractivity (Wildman–Crippen MR) is 96.5 cm³/mol. The molecule has 2 heterocycles. The van der Waals surface area contributed by atoms with E-state index in [9.17, 15) is 4.79 Å². The number of hydrogen-bond acceptors (Lipinski definition) is 4. The minimum Gasteiger partial charge on any atom is -0.351 e. The second-order valence-electron chi connectivity index (χ2n) is 7.18. The van der Waals surface area contributed by atoms with Crippen molar-refractivity contribution in [3.63, 3.8) is 0 Å². The van der Waals surface area contributed by atoms with Crippen LogP contribution in [0.25, 0.3) is 10.9 Å². The summed E-state index contributed by atoms with van der Waals surface area (Å²) in [5, 5.41) is 12.3. The van der Waals surface area contributed by atoms with Gasteiger partial charge in [0, 0.05) is 30.7 Å². The Balaban J connectivity index is 1.94. The zero-order valence-corrected chi connectivity index (χ0v) is 15.0. The molecule has 1 aromatic heterocycles. The van der Waals surface area contributed by atoms with Crippen molar-refractivity contribution >= 4 is 16.8 Å². The largest absolute Gasteiger partial charge is 0.351 e. The predicted octanol–water partition coefficient (Wildman–Crippen LogP) is 1.34. The van der Waals surface area contributed by atoms with Crippen molar-refractivity contribution in [1.82, 2.24) is 25.3 Å². The summed E-state index contributed by atoms with van der Waals surface area (Å²) in [6.45, 7) is 7.67. The molecule has 6 heteroatoms. The fourth-order valence-corrected chi connectivity index (χ4v) is 3.41. The van der Waals surface area contributed by atoms with E-state index < -0.39 is 0 Å². The molecule has 0 aliphatic carbocycles. The monoisotopic (exact) mass is 329 g/mol. The van der Waals surface area contributed by atoms with E-state index in [2.05, 4.69) is 35.2 Å². The number of likely N-dealkylation sites (N-methyl/N-ethyl adjacent to an activating group) is 1. The van der Waals surface area contributed by atoms with E-state index in [0.29, 0.717) is 12.1 Å². The molecule has 1 amide bonds. The maximum Gasteiger partial charge on any atom is 0.253 e. The summed E-state index contributed by atoms with van der Waals surface area (Å²) in [6.07, 6.45) is 1.05. The molecule has 1 saturated heterocycles. The molecule has 1 aromatic carbocycles. The summed E-state index contributed by atoms with van der Waals surface area (Å²) in [4.78, 5) is 14.6. The third-order valence-corrected chi connectivity index (χ3v) is 4.89. The highest BCUT2D eigenvalue weighted by Crippen LogP contribution is 2.30.